The Hall–Kier alpha value is -1.20. The topological polar surface area (TPSA) is 49.3 Å². The molecular weight excluding hydrogens is 425 g/mol. The van der Waals surface area contributed by atoms with E-state index in [0.29, 0.717) is 15.0 Å². The van der Waals surface area contributed by atoms with Crippen LogP contribution in [0.2, 0.25) is 0 Å². The van der Waals surface area contributed by atoms with Crippen LogP contribution >= 0.6 is 43.2 Å². The van der Waals surface area contributed by atoms with Gasteiger partial charge in [-0.15, -0.1) is 11.3 Å². The summed E-state index contributed by atoms with van der Waals surface area (Å²) < 4.78 is 15.0. The number of halogens is 3. The lowest BCUT2D eigenvalue weighted by Crippen LogP contribution is -2.11. The molecule has 0 bridgehead atoms. The first-order valence-electron chi connectivity index (χ1n) is 5.66. The van der Waals surface area contributed by atoms with Gasteiger partial charge in [0.05, 0.1) is 18.7 Å². The molecule has 0 aliphatic heterocycles. The lowest BCUT2D eigenvalue weighted by molar-refractivity contribution is 0.102. The summed E-state index contributed by atoms with van der Waals surface area (Å²) in [6.45, 7) is -0.355. The molecule has 0 unspecified atom stereocenters. The van der Waals surface area contributed by atoms with Gasteiger partial charge in [-0.2, -0.15) is 0 Å². The van der Waals surface area contributed by atoms with Crippen molar-refractivity contribution in [2.24, 2.45) is 0 Å². The molecular formula is C14H8Br2FNO2S. The number of hydrogen-bond donors (Lipinski definition) is 2. The van der Waals surface area contributed by atoms with Crippen molar-refractivity contribution in [3.63, 3.8) is 0 Å². The predicted octanol–water partition coefficient (Wildman–Crippen LogP) is 4.01. The highest BCUT2D eigenvalue weighted by Crippen LogP contribution is 2.32. The summed E-state index contributed by atoms with van der Waals surface area (Å²) in [5.74, 6) is 4.05. The monoisotopic (exact) mass is 431 g/mol. The van der Waals surface area contributed by atoms with Crippen LogP contribution in [0.3, 0.4) is 0 Å². The minimum Gasteiger partial charge on any atom is -0.384 e. The maximum atomic E-state index is 13.5. The Bertz CT molecular complexity index is 749. The molecule has 21 heavy (non-hydrogen) atoms. The Balaban J connectivity index is 2.23. The molecule has 0 spiro atoms. The van der Waals surface area contributed by atoms with Gasteiger partial charge in [-0.1, -0.05) is 11.8 Å². The van der Waals surface area contributed by atoms with Crippen molar-refractivity contribution in [2.75, 3.05) is 11.9 Å². The van der Waals surface area contributed by atoms with Crippen LogP contribution in [0.15, 0.2) is 31.8 Å². The molecule has 108 valence electrons. The van der Waals surface area contributed by atoms with Crippen molar-refractivity contribution in [2.45, 2.75) is 0 Å². The van der Waals surface area contributed by atoms with Gasteiger partial charge in [0.25, 0.3) is 5.91 Å². The molecule has 7 heteroatoms. The number of aliphatic hydroxyl groups is 1. The number of aliphatic hydroxyl groups excluding tert-OH is 1. The first-order chi connectivity index (χ1) is 10.0. The van der Waals surface area contributed by atoms with E-state index in [1.165, 1.54) is 29.5 Å². The van der Waals surface area contributed by atoms with Crippen molar-refractivity contribution in [1.29, 1.82) is 0 Å². The van der Waals surface area contributed by atoms with Crippen molar-refractivity contribution in [3.8, 4) is 11.8 Å². The molecule has 0 saturated heterocycles. The molecule has 0 saturated carbocycles. The van der Waals surface area contributed by atoms with E-state index >= 15 is 0 Å². The second-order valence-corrected chi connectivity index (χ2v) is 7.60. The van der Waals surface area contributed by atoms with Gasteiger partial charge in [0.1, 0.15) is 12.4 Å². The Morgan fingerprint density at radius 2 is 2.14 bits per heavy atom. The number of amides is 1. The second kappa shape index (κ2) is 7.18. The van der Waals surface area contributed by atoms with Gasteiger partial charge in [0.15, 0.2) is 0 Å². The summed E-state index contributed by atoms with van der Waals surface area (Å²) in [5.41, 5.74) is 1.03. The van der Waals surface area contributed by atoms with Crippen molar-refractivity contribution in [1.82, 2.24) is 0 Å². The number of hydrogen-bond acceptors (Lipinski definition) is 3. The highest BCUT2D eigenvalue weighted by molar-refractivity contribution is 9.12. The first kappa shape index (κ1) is 16.2. The zero-order valence-corrected chi connectivity index (χ0v) is 14.4. The van der Waals surface area contributed by atoms with Gasteiger partial charge < -0.3 is 10.4 Å². The average Bonchev–Trinajstić information content (AvgIpc) is 2.78. The molecule has 1 aromatic heterocycles. The summed E-state index contributed by atoms with van der Waals surface area (Å²) in [6, 6.07) is 5.79. The molecule has 2 rings (SSSR count). The van der Waals surface area contributed by atoms with Gasteiger partial charge in [0.2, 0.25) is 0 Å². The highest BCUT2D eigenvalue weighted by atomic mass is 79.9. The maximum absolute atomic E-state index is 13.5. The molecule has 0 radical (unpaired) electrons. The van der Waals surface area contributed by atoms with E-state index in [1.807, 2.05) is 0 Å². The van der Waals surface area contributed by atoms with Gasteiger partial charge in [-0.05, 0) is 56.1 Å². The number of benzene rings is 1. The SMILES string of the molecule is O=C(Nc1ccc(F)c(C#CCO)c1)c1cc(Br)sc1Br. The fourth-order valence-electron chi connectivity index (χ4n) is 1.53. The van der Waals surface area contributed by atoms with Gasteiger partial charge in [0, 0.05) is 5.69 Å². The zero-order chi connectivity index (χ0) is 15.4. The molecule has 2 aromatic rings. The summed E-state index contributed by atoms with van der Waals surface area (Å²) >= 11 is 8.00. The number of nitrogens with one attached hydrogen (secondary N) is 1. The van der Waals surface area contributed by atoms with Crippen LogP contribution in [0.25, 0.3) is 0 Å². The van der Waals surface area contributed by atoms with E-state index < -0.39 is 5.82 Å². The molecule has 0 atom stereocenters. The number of thiophene rings is 1. The summed E-state index contributed by atoms with van der Waals surface area (Å²) in [7, 11) is 0. The third-order valence-corrected chi connectivity index (χ3v) is 4.77. The van der Waals surface area contributed by atoms with E-state index in [-0.39, 0.29) is 18.1 Å². The molecule has 2 N–H and O–H groups in total. The third-order valence-electron chi connectivity index (χ3n) is 2.43. The van der Waals surface area contributed by atoms with Crippen LogP contribution in [0.4, 0.5) is 10.1 Å². The Morgan fingerprint density at radius 3 is 2.76 bits per heavy atom. The van der Waals surface area contributed by atoms with Crippen LogP contribution in [-0.4, -0.2) is 17.6 Å². The van der Waals surface area contributed by atoms with Crippen LogP contribution in [0, 0.1) is 17.7 Å². The fourth-order valence-corrected chi connectivity index (χ4v) is 4.32. The number of rotatable bonds is 2. The van der Waals surface area contributed by atoms with Crippen LogP contribution in [0.5, 0.6) is 0 Å². The van der Waals surface area contributed by atoms with Crippen molar-refractivity contribution >= 4 is 54.8 Å². The minimum absolute atomic E-state index is 0.118. The average molecular weight is 433 g/mol. The fraction of sp³-hybridized carbons (Fsp3) is 0.0714. The predicted molar refractivity (Wildman–Crippen MR) is 88.0 cm³/mol. The lowest BCUT2D eigenvalue weighted by Gasteiger charge is -2.05. The number of anilines is 1. The largest absolute Gasteiger partial charge is 0.384 e. The minimum atomic E-state index is -0.506. The summed E-state index contributed by atoms with van der Waals surface area (Å²) in [4.78, 5) is 12.1. The molecule has 1 heterocycles. The Kier molecular flexibility index (Phi) is 5.53. The van der Waals surface area contributed by atoms with Crippen LogP contribution < -0.4 is 5.32 Å². The van der Waals surface area contributed by atoms with Crippen LogP contribution in [0.1, 0.15) is 15.9 Å². The van der Waals surface area contributed by atoms with Crippen LogP contribution in [-0.2, 0) is 0 Å². The Morgan fingerprint density at radius 1 is 1.38 bits per heavy atom. The molecule has 1 amide bonds. The standard InChI is InChI=1S/C14H8Br2FNO2S/c15-12-7-10(13(16)21-12)14(20)18-9-3-4-11(17)8(6-9)2-1-5-19/h3-4,6-7,19H,5H2,(H,18,20). The van der Waals surface area contributed by atoms with E-state index in [1.54, 1.807) is 6.07 Å². The number of carbonyl (C=O) groups excluding carboxylic acids is 1. The lowest BCUT2D eigenvalue weighted by atomic mass is 10.2. The van der Waals surface area contributed by atoms with E-state index in [4.69, 9.17) is 5.11 Å². The molecule has 3 nitrogen and oxygen atoms in total. The first-order valence-corrected chi connectivity index (χ1v) is 8.07. The summed E-state index contributed by atoms with van der Waals surface area (Å²) in [5, 5.41) is 11.3. The smallest absolute Gasteiger partial charge is 0.257 e. The van der Waals surface area contributed by atoms with Gasteiger partial charge in [-0.3, -0.25) is 4.79 Å². The van der Waals surface area contributed by atoms with E-state index in [2.05, 4.69) is 49.0 Å². The maximum Gasteiger partial charge on any atom is 0.257 e. The molecule has 1 aromatic carbocycles. The van der Waals surface area contributed by atoms with E-state index in [0.717, 1.165) is 3.79 Å². The van der Waals surface area contributed by atoms with Gasteiger partial charge in [-0.25, -0.2) is 4.39 Å². The quantitative estimate of drug-likeness (QED) is 0.704. The zero-order valence-electron chi connectivity index (χ0n) is 10.4. The third kappa shape index (κ3) is 4.14. The molecule has 0 aliphatic rings. The molecule has 0 aliphatic carbocycles. The van der Waals surface area contributed by atoms with Gasteiger partial charge >= 0.3 is 0 Å². The molecule has 0 fully saturated rings. The summed E-state index contributed by atoms with van der Waals surface area (Å²) in [6.07, 6.45) is 0. The second-order valence-electron chi connectivity index (χ2n) is 3.85. The number of carbonyl (C=O) groups is 1. The Labute approximate surface area is 141 Å². The highest BCUT2D eigenvalue weighted by Gasteiger charge is 2.14. The van der Waals surface area contributed by atoms with Crippen molar-refractivity contribution < 1.29 is 14.3 Å². The van der Waals surface area contributed by atoms with Crippen molar-refractivity contribution in [3.05, 3.63) is 48.8 Å². The normalized spacial score (nSPS) is 9.90. The van der Waals surface area contributed by atoms with E-state index in [9.17, 15) is 9.18 Å².